The van der Waals surface area contributed by atoms with E-state index in [-0.39, 0.29) is 12.5 Å². The van der Waals surface area contributed by atoms with E-state index in [1.807, 2.05) is 56.3 Å². The van der Waals surface area contributed by atoms with E-state index in [4.69, 9.17) is 9.47 Å². The number of nitrogens with zero attached hydrogens (tertiary/aromatic N) is 3. The van der Waals surface area contributed by atoms with Gasteiger partial charge >= 0.3 is 0 Å². The molecule has 0 spiro atoms. The number of anilines is 1. The SMILES string of the molecule is CCN(CC)C(=O)c1cnn(-c2ccccc2)c1NC(=O)C1COc2ccccc2O1. The number of aromatic nitrogens is 2. The maximum Gasteiger partial charge on any atom is 0.270 e. The summed E-state index contributed by atoms with van der Waals surface area (Å²) in [5, 5.41) is 7.23. The van der Waals surface area contributed by atoms with Gasteiger partial charge in [0.15, 0.2) is 11.5 Å². The zero-order valence-electron chi connectivity index (χ0n) is 17.4. The second kappa shape index (κ2) is 8.91. The van der Waals surface area contributed by atoms with Crippen molar-refractivity contribution in [3.05, 3.63) is 66.4 Å². The summed E-state index contributed by atoms with van der Waals surface area (Å²) in [7, 11) is 0. The Morgan fingerprint density at radius 2 is 1.74 bits per heavy atom. The molecule has 160 valence electrons. The van der Waals surface area contributed by atoms with Gasteiger partial charge in [0, 0.05) is 13.1 Å². The van der Waals surface area contributed by atoms with Gasteiger partial charge in [-0.3, -0.25) is 9.59 Å². The molecule has 0 aliphatic carbocycles. The number of carbonyl (C=O) groups is 2. The quantitative estimate of drug-likeness (QED) is 0.662. The van der Waals surface area contributed by atoms with E-state index in [9.17, 15) is 9.59 Å². The molecule has 1 atom stereocenters. The molecule has 2 amide bonds. The van der Waals surface area contributed by atoms with Gasteiger partial charge in [-0.05, 0) is 38.1 Å². The second-order valence-corrected chi connectivity index (χ2v) is 6.99. The van der Waals surface area contributed by atoms with Crippen molar-refractivity contribution in [3.63, 3.8) is 0 Å². The molecule has 8 nitrogen and oxygen atoms in total. The van der Waals surface area contributed by atoms with Crippen molar-refractivity contribution in [1.82, 2.24) is 14.7 Å². The first-order chi connectivity index (χ1) is 15.1. The number of fused-ring (bicyclic) bond motifs is 1. The number of nitrogens with one attached hydrogen (secondary N) is 1. The van der Waals surface area contributed by atoms with E-state index in [0.717, 1.165) is 5.69 Å². The summed E-state index contributed by atoms with van der Waals surface area (Å²) in [5.41, 5.74) is 1.04. The Labute approximate surface area is 180 Å². The minimum atomic E-state index is -0.856. The van der Waals surface area contributed by atoms with E-state index >= 15 is 0 Å². The van der Waals surface area contributed by atoms with Crippen LogP contribution in [0, 0.1) is 0 Å². The van der Waals surface area contributed by atoms with Gasteiger partial charge in [0.2, 0.25) is 6.10 Å². The molecule has 31 heavy (non-hydrogen) atoms. The fourth-order valence-electron chi connectivity index (χ4n) is 3.42. The lowest BCUT2D eigenvalue weighted by Gasteiger charge is -2.26. The van der Waals surface area contributed by atoms with Crippen LogP contribution < -0.4 is 14.8 Å². The maximum atomic E-state index is 13.1. The predicted molar refractivity (Wildman–Crippen MR) is 116 cm³/mol. The van der Waals surface area contributed by atoms with Crippen LogP contribution in [0.4, 0.5) is 5.82 Å². The number of hydrogen-bond donors (Lipinski definition) is 1. The number of rotatable bonds is 6. The first kappa shape index (κ1) is 20.5. The molecule has 2 heterocycles. The van der Waals surface area contributed by atoms with Crippen LogP contribution in [0.3, 0.4) is 0 Å². The van der Waals surface area contributed by atoms with E-state index in [1.54, 1.807) is 21.7 Å². The fourth-order valence-corrected chi connectivity index (χ4v) is 3.42. The third kappa shape index (κ3) is 4.09. The van der Waals surface area contributed by atoms with Crippen molar-refractivity contribution in [2.45, 2.75) is 20.0 Å². The van der Waals surface area contributed by atoms with Crippen molar-refractivity contribution in [1.29, 1.82) is 0 Å². The van der Waals surface area contributed by atoms with E-state index in [0.29, 0.717) is 36.0 Å². The van der Waals surface area contributed by atoms with Gasteiger partial charge in [0.25, 0.3) is 11.8 Å². The van der Waals surface area contributed by atoms with Crippen LogP contribution >= 0.6 is 0 Å². The molecule has 4 rings (SSSR count). The lowest BCUT2D eigenvalue weighted by molar-refractivity contribution is -0.125. The summed E-state index contributed by atoms with van der Waals surface area (Å²) >= 11 is 0. The highest BCUT2D eigenvalue weighted by Gasteiger charge is 2.30. The average molecular weight is 420 g/mol. The van der Waals surface area contributed by atoms with Gasteiger partial charge in [-0.25, -0.2) is 4.68 Å². The van der Waals surface area contributed by atoms with Gasteiger partial charge in [-0.15, -0.1) is 0 Å². The topological polar surface area (TPSA) is 85.7 Å². The van der Waals surface area contributed by atoms with Crippen LogP contribution in [0.2, 0.25) is 0 Å². The summed E-state index contributed by atoms with van der Waals surface area (Å²) in [5.74, 6) is 0.785. The molecule has 0 bridgehead atoms. The zero-order valence-corrected chi connectivity index (χ0v) is 17.4. The molecular weight excluding hydrogens is 396 g/mol. The molecule has 1 aromatic heterocycles. The Bertz CT molecular complexity index is 1080. The van der Waals surface area contributed by atoms with Gasteiger partial charge in [-0.1, -0.05) is 30.3 Å². The minimum Gasteiger partial charge on any atom is -0.485 e. The zero-order chi connectivity index (χ0) is 21.8. The molecule has 8 heteroatoms. The van der Waals surface area contributed by atoms with Crippen molar-refractivity contribution < 1.29 is 19.1 Å². The van der Waals surface area contributed by atoms with Crippen LogP contribution in [0.15, 0.2) is 60.8 Å². The fraction of sp³-hybridized carbons (Fsp3) is 0.261. The predicted octanol–water partition coefficient (Wildman–Crippen LogP) is 3.13. The lowest BCUT2D eigenvalue weighted by Crippen LogP contribution is -2.41. The molecule has 0 radical (unpaired) electrons. The standard InChI is InChI=1S/C23H24N4O4/c1-3-26(4-2)23(29)17-14-24-27(16-10-6-5-7-11-16)21(17)25-22(28)20-15-30-18-12-8-9-13-19(18)31-20/h5-14,20H,3-4,15H2,1-2H3,(H,25,28). The Hall–Kier alpha value is -3.81. The molecule has 1 unspecified atom stereocenters. The number of para-hydroxylation sites is 3. The van der Waals surface area contributed by atoms with Crippen LogP contribution in [-0.2, 0) is 4.79 Å². The average Bonchev–Trinajstić information content (AvgIpc) is 3.23. The normalized spacial score (nSPS) is 14.7. The molecule has 3 aromatic rings. The number of hydrogen-bond acceptors (Lipinski definition) is 5. The molecule has 0 saturated carbocycles. The smallest absolute Gasteiger partial charge is 0.270 e. The largest absolute Gasteiger partial charge is 0.485 e. The third-order valence-corrected chi connectivity index (χ3v) is 5.09. The van der Waals surface area contributed by atoms with E-state index in [1.165, 1.54) is 6.20 Å². The molecule has 1 aliphatic heterocycles. The molecule has 0 fully saturated rings. The Kier molecular flexibility index (Phi) is 5.88. The van der Waals surface area contributed by atoms with Crippen molar-refractivity contribution in [2.75, 3.05) is 25.0 Å². The highest BCUT2D eigenvalue weighted by atomic mass is 16.6. The third-order valence-electron chi connectivity index (χ3n) is 5.09. The highest BCUT2D eigenvalue weighted by Crippen LogP contribution is 2.31. The van der Waals surface area contributed by atoms with Crippen LogP contribution in [0.5, 0.6) is 11.5 Å². The van der Waals surface area contributed by atoms with Crippen molar-refractivity contribution in [3.8, 4) is 17.2 Å². The maximum absolute atomic E-state index is 13.1. The summed E-state index contributed by atoms with van der Waals surface area (Å²) in [6, 6.07) is 16.5. The molecule has 0 saturated heterocycles. The second-order valence-electron chi connectivity index (χ2n) is 6.99. The summed E-state index contributed by atoms with van der Waals surface area (Å²) < 4.78 is 13.0. The molecule has 1 aliphatic rings. The van der Waals surface area contributed by atoms with Crippen LogP contribution in [-0.4, -0.2) is 52.3 Å². The van der Waals surface area contributed by atoms with Gasteiger partial charge in [0.05, 0.1) is 11.9 Å². The lowest BCUT2D eigenvalue weighted by atomic mass is 10.2. The number of ether oxygens (including phenoxy) is 2. The molecule has 2 aromatic carbocycles. The van der Waals surface area contributed by atoms with Crippen LogP contribution in [0.25, 0.3) is 5.69 Å². The van der Waals surface area contributed by atoms with Gasteiger partial charge in [0.1, 0.15) is 18.0 Å². The summed E-state index contributed by atoms with van der Waals surface area (Å²) in [4.78, 5) is 27.8. The number of carbonyl (C=O) groups excluding carboxylic acids is 2. The van der Waals surface area contributed by atoms with E-state index < -0.39 is 12.0 Å². The minimum absolute atomic E-state index is 0.0711. The van der Waals surface area contributed by atoms with Crippen LogP contribution in [0.1, 0.15) is 24.2 Å². The van der Waals surface area contributed by atoms with Gasteiger partial charge < -0.3 is 19.7 Å². The highest BCUT2D eigenvalue weighted by molar-refractivity contribution is 6.04. The Balaban J connectivity index is 1.65. The van der Waals surface area contributed by atoms with E-state index in [2.05, 4.69) is 10.4 Å². The molecule has 1 N–H and O–H groups in total. The Morgan fingerprint density at radius 3 is 2.45 bits per heavy atom. The Morgan fingerprint density at radius 1 is 1.06 bits per heavy atom. The number of amides is 2. The summed E-state index contributed by atoms with van der Waals surface area (Å²) in [6.45, 7) is 4.99. The van der Waals surface area contributed by atoms with Crippen molar-refractivity contribution in [2.24, 2.45) is 0 Å². The summed E-state index contributed by atoms with van der Waals surface area (Å²) in [6.07, 6.45) is 0.627. The first-order valence-electron chi connectivity index (χ1n) is 10.2. The van der Waals surface area contributed by atoms with Crippen molar-refractivity contribution >= 4 is 17.6 Å². The van der Waals surface area contributed by atoms with Gasteiger partial charge in [-0.2, -0.15) is 5.10 Å². The monoisotopic (exact) mass is 420 g/mol. The molecular formula is C23H24N4O4. The number of benzene rings is 2. The first-order valence-corrected chi connectivity index (χ1v) is 10.2.